The minimum atomic E-state index is -0.350. The fourth-order valence-corrected chi connectivity index (χ4v) is 3.62. The Labute approximate surface area is 147 Å². The zero-order valence-corrected chi connectivity index (χ0v) is 14.5. The van der Waals surface area contributed by atoms with E-state index in [1.165, 1.54) is 14.2 Å². The van der Waals surface area contributed by atoms with E-state index in [2.05, 4.69) is 4.98 Å². The molecule has 0 aliphatic heterocycles. The molecule has 1 atom stereocenters. The Hall–Kier alpha value is -2.43. The van der Waals surface area contributed by atoms with Gasteiger partial charge >= 0.3 is 5.97 Å². The maximum Gasteiger partial charge on any atom is 0.338 e. The fourth-order valence-electron chi connectivity index (χ4n) is 3.62. The van der Waals surface area contributed by atoms with Crippen molar-refractivity contribution in [1.82, 2.24) is 4.98 Å². The lowest BCUT2D eigenvalue weighted by atomic mass is 9.79. The van der Waals surface area contributed by atoms with E-state index in [0.717, 1.165) is 42.4 Å². The van der Waals surface area contributed by atoms with E-state index < -0.39 is 0 Å². The van der Waals surface area contributed by atoms with Gasteiger partial charge in [-0.1, -0.05) is 0 Å². The summed E-state index contributed by atoms with van der Waals surface area (Å²) in [6.07, 6.45) is 7.89. The molecule has 3 rings (SSSR count). The average Bonchev–Trinajstić information content (AvgIpc) is 2.65. The van der Waals surface area contributed by atoms with Crippen molar-refractivity contribution in [1.29, 1.82) is 0 Å². The van der Waals surface area contributed by atoms with E-state index in [0.29, 0.717) is 17.7 Å². The number of aromatic nitrogens is 1. The van der Waals surface area contributed by atoms with Gasteiger partial charge in [-0.25, -0.2) is 9.18 Å². The van der Waals surface area contributed by atoms with Gasteiger partial charge in [-0.05, 0) is 72.9 Å². The second-order valence-electron chi connectivity index (χ2n) is 6.34. The molecule has 1 heterocycles. The smallest absolute Gasteiger partial charge is 0.338 e. The lowest BCUT2D eigenvalue weighted by Crippen LogP contribution is -2.13. The van der Waals surface area contributed by atoms with Crippen LogP contribution in [0, 0.1) is 5.82 Å². The van der Waals surface area contributed by atoms with E-state index in [9.17, 15) is 9.18 Å². The summed E-state index contributed by atoms with van der Waals surface area (Å²) in [5.41, 5.74) is 3.65. The van der Waals surface area contributed by atoms with Gasteiger partial charge in [-0.2, -0.15) is 0 Å². The Morgan fingerprint density at radius 3 is 2.96 bits per heavy atom. The number of aryl methyl sites for hydroxylation is 2. The highest BCUT2D eigenvalue weighted by Gasteiger charge is 2.23. The highest BCUT2D eigenvalue weighted by molar-refractivity contribution is 5.90. The Bertz CT molecular complexity index is 776. The maximum atomic E-state index is 14.1. The highest BCUT2D eigenvalue weighted by atomic mass is 19.1. The van der Waals surface area contributed by atoms with Gasteiger partial charge in [-0.15, -0.1) is 0 Å². The number of nitrogens with zero attached hydrogens (tertiary/aromatic N) is 1. The van der Waals surface area contributed by atoms with E-state index in [1.807, 2.05) is 6.07 Å². The number of ether oxygens (including phenoxy) is 2. The van der Waals surface area contributed by atoms with Crippen molar-refractivity contribution in [2.75, 3.05) is 14.2 Å². The van der Waals surface area contributed by atoms with Crippen LogP contribution in [0.15, 0.2) is 30.6 Å². The molecule has 1 aromatic heterocycles. The summed E-state index contributed by atoms with van der Waals surface area (Å²) >= 11 is 0. The van der Waals surface area contributed by atoms with Crippen LogP contribution < -0.4 is 4.74 Å². The molecule has 1 aromatic carbocycles. The Kier molecular flexibility index (Phi) is 5.31. The number of pyridine rings is 1. The predicted octanol–water partition coefficient (Wildman–Crippen LogP) is 4.07. The predicted molar refractivity (Wildman–Crippen MR) is 92.5 cm³/mol. The van der Waals surface area contributed by atoms with Crippen molar-refractivity contribution >= 4 is 5.97 Å². The molecule has 0 radical (unpaired) electrons. The maximum absolute atomic E-state index is 14.1. The molecule has 1 aliphatic rings. The van der Waals surface area contributed by atoms with Crippen LogP contribution in [0.1, 0.15) is 52.2 Å². The van der Waals surface area contributed by atoms with E-state index in [4.69, 9.17) is 9.47 Å². The number of methoxy groups -OCH3 is 2. The summed E-state index contributed by atoms with van der Waals surface area (Å²) in [6.45, 7) is 0. The van der Waals surface area contributed by atoms with Crippen molar-refractivity contribution in [2.45, 2.75) is 38.0 Å². The largest absolute Gasteiger partial charge is 0.494 e. The molecule has 0 N–H and O–H groups in total. The number of halogens is 1. The Morgan fingerprint density at radius 1 is 1.36 bits per heavy atom. The number of hydrogen-bond acceptors (Lipinski definition) is 4. The van der Waals surface area contributed by atoms with Gasteiger partial charge in [0.2, 0.25) is 0 Å². The van der Waals surface area contributed by atoms with Crippen molar-refractivity contribution < 1.29 is 18.7 Å². The van der Waals surface area contributed by atoms with Crippen LogP contribution in [0.5, 0.6) is 5.75 Å². The van der Waals surface area contributed by atoms with Crippen LogP contribution in [0.2, 0.25) is 0 Å². The van der Waals surface area contributed by atoms with Crippen LogP contribution in [-0.2, 0) is 17.6 Å². The Balaban J connectivity index is 1.80. The fraction of sp³-hybridized carbons (Fsp3) is 0.400. The molecule has 25 heavy (non-hydrogen) atoms. The quantitative estimate of drug-likeness (QED) is 0.768. The molecule has 0 saturated carbocycles. The minimum Gasteiger partial charge on any atom is -0.494 e. The Morgan fingerprint density at radius 2 is 2.20 bits per heavy atom. The van der Waals surface area contributed by atoms with Gasteiger partial charge in [0.25, 0.3) is 0 Å². The van der Waals surface area contributed by atoms with Crippen molar-refractivity contribution in [3.8, 4) is 5.75 Å². The first kappa shape index (κ1) is 17.4. The first-order valence-electron chi connectivity index (χ1n) is 8.51. The standard InChI is InChI=1S/C20H22FNO3/c1-24-19-10-14-5-3-4-13(17(14)11-18(19)21)6-7-15-12-22-9-8-16(15)20(23)25-2/h8-13H,3-7H2,1-2H3/t13-/m0/s1. The second-order valence-corrected chi connectivity index (χ2v) is 6.34. The van der Waals surface area contributed by atoms with E-state index >= 15 is 0 Å². The number of carbonyl (C=O) groups excluding carboxylic acids is 1. The average molecular weight is 343 g/mol. The number of fused-ring (bicyclic) bond motifs is 1. The number of esters is 1. The molecule has 0 fully saturated rings. The molecule has 0 spiro atoms. The molecule has 2 aromatic rings. The van der Waals surface area contributed by atoms with Crippen molar-refractivity contribution in [3.63, 3.8) is 0 Å². The van der Waals surface area contributed by atoms with Gasteiger partial charge in [0, 0.05) is 12.4 Å². The van der Waals surface area contributed by atoms with Crippen LogP contribution >= 0.6 is 0 Å². The van der Waals surface area contributed by atoms with Crippen LogP contribution in [0.3, 0.4) is 0 Å². The summed E-state index contributed by atoms with van der Waals surface area (Å²) in [6, 6.07) is 5.11. The molecular formula is C20H22FNO3. The van der Waals surface area contributed by atoms with Gasteiger partial charge in [-0.3, -0.25) is 4.98 Å². The number of rotatable bonds is 5. The van der Waals surface area contributed by atoms with Gasteiger partial charge in [0.05, 0.1) is 19.8 Å². The minimum absolute atomic E-state index is 0.273. The molecule has 1 aliphatic carbocycles. The third kappa shape index (κ3) is 3.65. The van der Waals surface area contributed by atoms with Crippen LogP contribution in [0.25, 0.3) is 0 Å². The monoisotopic (exact) mass is 343 g/mol. The molecule has 132 valence electrons. The molecule has 5 heteroatoms. The van der Waals surface area contributed by atoms with Crippen molar-refractivity contribution in [3.05, 3.63) is 58.7 Å². The highest BCUT2D eigenvalue weighted by Crippen LogP contribution is 2.37. The number of benzene rings is 1. The summed E-state index contributed by atoms with van der Waals surface area (Å²) < 4.78 is 24.1. The number of hydrogen-bond donors (Lipinski definition) is 0. The summed E-state index contributed by atoms with van der Waals surface area (Å²) in [5.74, 6) is -0.0866. The topological polar surface area (TPSA) is 48.4 Å². The normalized spacial score (nSPS) is 16.2. The SMILES string of the molecule is COC(=O)c1ccncc1CC[C@@H]1CCCc2cc(OC)c(F)cc21. The van der Waals surface area contributed by atoms with E-state index in [-0.39, 0.29) is 17.7 Å². The van der Waals surface area contributed by atoms with Crippen LogP contribution in [0.4, 0.5) is 4.39 Å². The molecule has 0 saturated heterocycles. The number of carbonyl (C=O) groups is 1. The van der Waals surface area contributed by atoms with Crippen LogP contribution in [-0.4, -0.2) is 25.2 Å². The first-order chi connectivity index (χ1) is 12.1. The zero-order valence-electron chi connectivity index (χ0n) is 14.5. The first-order valence-corrected chi connectivity index (χ1v) is 8.51. The summed E-state index contributed by atoms with van der Waals surface area (Å²) in [4.78, 5) is 16.0. The third-order valence-corrected chi connectivity index (χ3v) is 4.92. The lowest BCUT2D eigenvalue weighted by Gasteiger charge is -2.26. The van der Waals surface area contributed by atoms with E-state index in [1.54, 1.807) is 24.5 Å². The zero-order chi connectivity index (χ0) is 17.8. The van der Waals surface area contributed by atoms with Gasteiger partial charge in [0.1, 0.15) is 0 Å². The molecule has 0 amide bonds. The van der Waals surface area contributed by atoms with Gasteiger partial charge < -0.3 is 9.47 Å². The molecule has 0 unspecified atom stereocenters. The van der Waals surface area contributed by atoms with Crippen molar-refractivity contribution in [2.24, 2.45) is 0 Å². The second kappa shape index (κ2) is 7.64. The molecule has 0 bridgehead atoms. The molecule has 4 nitrogen and oxygen atoms in total. The lowest BCUT2D eigenvalue weighted by molar-refractivity contribution is 0.0599. The third-order valence-electron chi connectivity index (χ3n) is 4.92. The van der Waals surface area contributed by atoms with Gasteiger partial charge in [0.15, 0.2) is 11.6 Å². The summed E-state index contributed by atoms with van der Waals surface area (Å²) in [5, 5.41) is 0. The molecular weight excluding hydrogens is 321 g/mol. The summed E-state index contributed by atoms with van der Waals surface area (Å²) in [7, 11) is 2.86.